The monoisotopic (exact) mass is 368 g/mol. The molecule has 0 bridgehead atoms. The molecule has 0 aliphatic rings. The number of hydrogen-bond donors (Lipinski definition) is 2. The molecule has 0 unspecified atom stereocenters. The SMILES string of the molecule is COc1ccc(NC(=O)CCCOc2ccc(Cl)cc2Cl)cc1N. The van der Waals surface area contributed by atoms with Crippen LogP contribution in [0.1, 0.15) is 12.8 Å². The van der Waals surface area contributed by atoms with Crippen molar-refractivity contribution in [3.63, 3.8) is 0 Å². The molecule has 7 heteroatoms. The highest BCUT2D eigenvalue weighted by Crippen LogP contribution is 2.27. The van der Waals surface area contributed by atoms with Gasteiger partial charge in [-0.2, -0.15) is 0 Å². The smallest absolute Gasteiger partial charge is 0.224 e. The van der Waals surface area contributed by atoms with Crippen LogP contribution in [-0.2, 0) is 4.79 Å². The molecule has 0 aliphatic carbocycles. The highest BCUT2D eigenvalue weighted by atomic mass is 35.5. The molecular formula is C17H18Cl2N2O3. The van der Waals surface area contributed by atoms with E-state index in [1.165, 1.54) is 7.11 Å². The number of carbonyl (C=O) groups is 1. The van der Waals surface area contributed by atoms with E-state index in [0.29, 0.717) is 52.4 Å². The lowest BCUT2D eigenvalue weighted by Crippen LogP contribution is -2.13. The van der Waals surface area contributed by atoms with Crippen molar-refractivity contribution >= 4 is 40.5 Å². The van der Waals surface area contributed by atoms with Gasteiger partial charge in [0, 0.05) is 17.1 Å². The van der Waals surface area contributed by atoms with E-state index >= 15 is 0 Å². The summed E-state index contributed by atoms with van der Waals surface area (Å²) in [5, 5.41) is 3.77. The molecule has 3 N–H and O–H groups in total. The Hall–Kier alpha value is -2.11. The molecule has 1 amide bonds. The van der Waals surface area contributed by atoms with E-state index in [0.717, 1.165) is 0 Å². The minimum atomic E-state index is -0.120. The summed E-state index contributed by atoms with van der Waals surface area (Å²) in [7, 11) is 1.54. The molecule has 0 saturated heterocycles. The lowest BCUT2D eigenvalue weighted by molar-refractivity contribution is -0.116. The third-order valence-corrected chi connectivity index (χ3v) is 3.74. The standard InChI is InChI=1S/C17H18Cl2N2O3/c1-23-16-7-5-12(10-14(16)20)21-17(22)3-2-8-24-15-6-4-11(18)9-13(15)19/h4-7,9-10H,2-3,8,20H2,1H3,(H,21,22). The summed E-state index contributed by atoms with van der Waals surface area (Å²) in [6.07, 6.45) is 0.869. The summed E-state index contributed by atoms with van der Waals surface area (Å²) in [5.74, 6) is 0.996. The summed E-state index contributed by atoms with van der Waals surface area (Å²) in [4.78, 5) is 11.9. The highest BCUT2D eigenvalue weighted by molar-refractivity contribution is 6.35. The van der Waals surface area contributed by atoms with Gasteiger partial charge < -0.3 is 20.5 Å². The first kappa shape index (κ1) is 18.2. The number of benzene rings is 2. The normalized spacial score (nSPS) is 10.3. The molecule has 0 aromatic heterocycles. The number of rotatable bonds is 7. The maximum absolute atomic E-state index is 11.9. The van der Waals surface area contributed by atoms with Crippen LogP contribution in [0.5, 0.6) is 11.5 Å². The molecule has 0 spiro atoms. The predicted molar refractivity (Wildman–Crippen MR) is 97.2 cm³/mol. The minimum Gasteiger partial charge on any atom is -0.495 e. The first-order chi connectivity index (χ1) is 11.5. The van der Waals surface area contributed by atoms with Crippen LogP contribution >= 0.6 is 23.2 Å². The second kappa shape index (κ2) is 8.66. The van der Waals surface area contributed by atoms with E-state index in [9.17, 15) is 4.79 Å². The first-order valence-electron chi connectivity index (χ1n) is 7.31. The van der Waals surface area contributed by atoms with Gasteiger partial charge >= 0.3 is 0 Å². The van der Waals surface area contributed by atoms with E-state index in [1.54, 1.807) is 36.4 Å². The van der Waals surface area contributed by atoms with Crippen molar-refractivity contribution in [2.45, 2.75) is 12.8 Å². The summed E-state index contributed by atoms with van der Waals surface area (Å²) >= 11 is 11.8. The summed E-state index contributed by atoms with van der Waals surface area (Å²) in [5.41, 5.74) is 6.89. The van der Waals surface area contributed by atoms with Crippen LogP contribution in [-0.4, -0.2) is 19.6 Å². The Kier molecular flexibility index (Phi) is 6.58. The van der Waals surface area contributed by atoms with Crippen LogP contribution in [0.4, 0.5) is 11.4 Å². The van der Waals surface area contributed by atoms with Gasteiger partial charge in [0.1, 0.15) is 11.5 Å². The maximum atomic E-state index is 11.9. The summed E-state index contributed by atoms with van der Waals surface area (Å²) < 4.78 is 10.6. The first-order valence-corrected chi connectivity index (χ1v) is 8.06. The zero-order chi connectivity index (χ0) is 17.5. The van der Waals surface area contributed by atoms with Gasteiger partial charge in [-0.3, -0.25) is 4.79 Å². The van der Waals surface area contributed by atoms with Crippen LogP contribution < -0.4 is 20.5 Å². The van der Waals surface area contributed by atoms with Crippen LogP contribution in [0.3, 0.4) is 0 Å². The van der Waals surface area contributed by atoms with Crippen molar-refractivity contribution in [1.29, 1.82) is 0 Å². The second-order valence-electron chi connectivity index (χ2n) is 5.03. The average molecular weight is 369 g/mol. The van der Waals surface area contributed by atoms with Gasteiger partial charge in [-0.25, -0.2) is 0 Å². The fourth-order valence-electron chi connectivity index (χ4n) is 2.04. The zero-order valence-corrected chi connectivity index (χ0v) is 14.7. The van der Waals surface area contributed by atoms with Crippen molar-refractivity contribution in [2.75, 3.05) is 24.8 Å². The van der Waals surface area contributed by atoms with E-state index in [2.05, 4.69) is 5.32 Å². The molecular weight excluding hydrogens is 351 g/mol. The number of halogens is 2. The molecule has 128 valence electrons. The quantitative estimate of drug-likeness (QED) is 0.561. The molecule has 0 saturated carbocycles. The Morgan fingerprint density at radius 3 is 2.58 bits per heavy atom. The second-order valence-corrected chi connectivity index (χ2v) is 5.88. The van der Waals surface area contributed by atoms with E-state index in [4.69, 9.17) is 38.4 Å². The number of nitrogen functional groups attached to an aromatic ring is 1. The fraction of sp³-hybridized carbons (Fsp3) is 0.235. The molecule has 24 heavy (non-hydrogen) atoms. The van der Waals surface area contributed by atoms with Gasteiger partial charge in [-0.15, -0.1) is 0 Å². The Labute approximate surface area is 150 Å². The molecule has 0 fully saturated rings. The maximum Gasteiger partial charge on any atom is 0.224 e. The van der Waals surface area contributed by atoms with Crippen molar-refractivity contribution in [2.24, 2.45) is 0 Å². The van der Waals surface area contributed by atoms with Gasteiger partial charge in [0.2, 0.25) is 5.91 Å². The number of anilines is 2. The number of hydrogen-bond acceptors (Lipinski definition) is 4. The zero-order valence-electron chi connectivity index (χ0n) is 13.1. The van der Waals surface area contributed by atoms with Gasteiger partial charge in [0.25, 0.3) is 0 Å². The number of amides is 1. The largest absolute Gasteiger partial charge is 0.495 e. The molecule has 0 atom stereocenters. The third kappa shape index (κ3) is 5.22. The number of nitrogens with two attached hydrogens (primary N) is 1. The van der Waals surface area contributed by atoms with Crippen LogP contribution in [0.2, 0.25) is 10.0 Å². The van der Waals surface area contributed by atoms with Crippen LogP contribution in [0.25, 0.3) is 0 Å². The lowest BCUT2D eigenvalue weighted by Gasteiger charge is -2.10. The van der Waals surface area contributed by atoms with Crippen LogP contribution in [0, 0.1) is 0 Å². The van der Waals surface area contributed by atoms with Gasteiger partial charge in [0.15, 0.2) is 0 Å². The number of carbonyl (C=O) groups excluding carboxylic acids is 1. The number of ether oxygens (including phenoxy) is 2. The Morgan fingerprint density at radius 1 is 1.17 bits per heavy atom. The Bertz CT molecular complexity index is 723. The molecule has 2 rings (SSSR count). The minimum absolute atomic E-state index is 0.120. The van der Waals surface area contributed by atoms with Crippen molar-refractivity contribution < 1.29 is 14.3 Å². The number of methoxy groups -OCH3 is 1. The molecule has 0 aliphatic heterocycles. The molecule has 2 aromatic carbocycles. The van der Waals surface area contributed by atoms with Gasteiger partial charge in [-0.05, 0) is 42.8 Å². The third-order valence-electron chi connectivity index (χ3n) is 3.21. The van der Waals surface area contributed by atoms with Crippen molar-refractivity contribution in [1.82, 2.24) is 0 Å². The Balaban J connectivity index is 1.76. The lowest BCUT2D eigenvalue weighted by atomic mass is 10.2. The molecule has 2 aromatic rings. The van der Waals surface area contributed by atoms with Crippen molar-refractivity contribution in [3.05, 3.63) is 46.4 Å². The van der Waals surface area contributed by atoms with Crippen LogP contribution in [0.15, 0.2) is 36.4 Å². The molecule has 0 heterocycles. The summed E-state index contributed by atoms with van der Waals surface area (Å²) in [6, 6.07) is 10.1. The predicted octanol–water partition coefficient (Wildman–Crippen LogP) is 4.38. The van der Waals surface area contributed by atoms with Gasteiger partial charge in [-0.1, -0.05) is 23.2 Å². The van der Waals surface area contributed by atoms with E-state index in [1.807, 2.05) is 0 Å². The van der Waals surface area contributed by atoms with Crippen molar-refractivity contribution in [3.8, 4) is 11.5 Å². The van der Waals surface area contributed by atoms with E-state index in [-0.39, 0.29) is 5.91 Å². The van der Waals surface area contributed by atoms with Gasteiger partial charge in [0.05, 0.1) is 24.4 Å². The highest BCUT2D eigenvalue weighted by Gasteiger charge is 2.06. The molecule has 0 radical (unpaired) electrons. The average Bonchev–Trinajstić information content (AvgIpc) is 2.53. The van der Waals surface area contributed by atoms with E-state index < -0.39 is 0 Å². The Morgan fingerprint density at radius 2 is 1.92 bits per heavy atom. The molecule has 5 nitrogen and oxygen atoms in total. The number of nitrogens with one attached hydrogen (secondary N) is 1. The topological polar surface area (TPSA) is 73.6 Å². The summed E-state index contributed by atoms with van der Waals surface area (Å²) in [6.45, 7) is 0.375. The fourth-order valence-corrected chi connectivity index (χ4v) is 2.51.